The zero-order chi connectivity index (χ0) is 14.9. The lowest BCUT2D eigenvalue weighted by atomic mass is 10.5. The van der Waals surface area contributed by atoms with E-state index >= 15 is 0 Å². The molecular weight excluding hydrogens is 386 g/mol. The Morgan fingerprint density at radius 3 is 2.75 bits per heavy atom. The van der Waals surface area contributed by atoms with Crippen LogP contribution in [0.5, 0.6) is 0 Å². The number of aromatic nitrogens is 2. The van der Waals surface area contributed by atoms with Crippen molar-refractivity contribution in [2.75, 3.05) is 7.05 Å². The molecule has 0 saturated carbocycles. The average Bonchev–Trinajstić information content (AvgIpc) is 2.96. The van der Waals surface area contributed by atoms with Crippen LogP contribution in [0.4, 0.5) is 0 Å². The molecule has 2 heterocycles. The highest BCUT2D eigenvalue weighted by molar-refractivity contribution is 9.11. The molecule has 0 bridgehead atoms. The van der Waals surface area contributed by atoms with Crippen LogP contribution in [0.3, 0.4) is 0 Å². The van der Waals surface area contributed by atoms with Crippen molar-refractivity contribution < 1.29 is 8.42 Å². The van der Waals surface area contributed by atoms with Crippen LogP contribution in [0.25, 0.3) is 0 Å². The smallest absolute Gasteiger partial charge is 0.245 e. The summed E-state index contributed by atoms with van der Waals surface area (Å²) in [4.78, 5) is 5.19. The zero-order valence-corrected chi connectivity index (χ0v) is 14.9. The van der Waals surface area contributed by atoms with Gasteiger partial charge in [0, 0.05) is 31.4 Å². The van der Waals surface area contributed by atoms with Gasteiger partial charge in [0.05, 0.1) is 16.2 Å². The first-order valence-corrected chi connectivity index (χ1v) is 9.21. The molecule has 2 rings (SSSR count). The van der Waals surface area contributed by atoms with Gasteiger partial charge in [0.1, 0.15) is 10.7 Å². The van der Waals surface area contributed by atoms with Gasteiger partial charge < -0.3 is 4.57 Å². The Hall–Kier alpha value is -0.410. The van der Waals surface area contributed by atoms with E-state index in [0.29, 0.717) is 15.5 Å². The predicted octanol–water partition coefficient (Wildman–Crippen LogP) is 2.80. The Kier molecular flexibility index (Phi) is 4.91. The molecule has 5 nitrogen and oxygen atoms in total. The molecular formula is C11H13BrClN3O2S2. The second kappa shape index (κ2) is 6.15. The maximum atomic E-state index is 12.5. The summed E-state index contributed by atoms with van der Waals surface area (Å²) in [6.07, 6.45) is 3.42. The van der Waals surface area contributed by atoms with Gasteiger partial charge in [-0.2, -0.15) is 4.31 Å². The topological polar surface area (TPSA) is 55.2 Å². The number of rotatable bonds is 5. The van der Waals surface area contributed by atoms with E-state index in [-0.39, 0.29) is 11.4 Å². The third-order valence-electron chi connectivity index (χ3n) is 2.81. The fraction of sp³-hybridized carbons (Fsp3) is 0.364. The minimum Gasteiger partial charge on any atom is -0.337 e. The molecule has 0 aliphatic heterocycles. The summed E-state index contributed by atoms with van der Waals surface area (Å²) in [5, 5.41) is 0. The molecule has 2 aromatic heterocycles. The normalized spacial score (nSPS) is 12.2. The van der Waals surface area contributed by atoms with Gasteiger partial charge in [0.25, 0.3) is 0 Å². The van der Waals surface area contributed by atoms with Gasteiger partial charge in [0.2, 0.25) is 10.0 Å². The van der Waals surface area contributed by atoms with Crippen LogP contribution in [0.2, 0.25) is 0 Å². The molecule has 0 fully saturated rings. The van der Waals surface area contributed by atoms with Crippen molar-refractivity contribution in [2.24, 2.45) is 7.05 Å². The number of aryl methyl sites for hydroxylation is 1. The SMILES string of the molecule is CN(Cc1nccn1C)S(=O)(=O)c1cc(CCl)sc1Br. The number of halogens is 2. The molecule has 2 aromatic rings. The van der Waals surface area contributed by atoms with E-state index in [2.05, 4.69) is 20.9 Å². The molecule has 9 heteroatoms. The molecule has 0 amide bonds. The summed E-state index contributed by atoms with van der Waals surface area (Å²) in [5.41, 5.74) is 0. The lowest BCUT2D eigenvalue weighted by Gasteiger charge is -2.16. The molecule has 0 N–H and O–H groups in total. The summed E-state index contributed by atoms with van der Waals surface area (Å²) in [7, 11) is -0.202. The van der Waals surface area contributed by atoms with E-state index in [1.54, 1.807) is 23.0 Å². The number of alkyl halides is 1. The van der Waals surface area contributed by atoms with Crippen LogP contribution in [-0.4, -0.2) is 29.3 Å². The van der Waals surface area contributed by atoms with Crippen molar-refractivity contribution in [1.82, 2.24) is 13.9 Å². The Labute approximate surface area is 135 Å². The van der Waals surface area contributed by atoms with Gasteiger partial charge in [-0.25, -0.2) is 13.4 Å². The molecule has 110 valence electrons. The Morgan fingerprint density at radius 2 is 2.25 bits per heavy atom. The van der Waals surface area contributed by atoms with Gasteiger partial charge in [-0.15, -0.1) is 22.9 Å². The van der Waals surface area contributed by atoms with Crippen molar-refractivity contribution in [3.8, 4) is 0 Å². The second-order valence-corrected chi connectivity index (χ2v) is 8.93. The van der Waals surface area contributed by atoms with Gasteiger partial charge in [-0.3, -0.25) is 0 Å². The Bertz CT molecular complexity index is 711. The van der Waals surface area contributed by atoms with Gasteiger partial charge in [-0.05, 0) is 22.0 Å². The zero-order valence-electron chi connectivity index (χ0n) is 10.9. The van der Waals surface area contributed by atoms with Crippen LogP contribution >= 0.6 is 38.9 Å². The highest BCUT2D eigenvalue weighted by Gasteiger charge is 2.26. The van der Waals surface area contributed by atoms with Crippen LogP contribution in [0.1, 0.15) is 10.7 Å². The van der Waals surface area contributed by atoms with E-state index in [4.69, 9.17) is 11.6 Å². The predicted molar refractivity (Wildman–Crippen MR) is 83.4 cm³/mol. The monoisotopic (exact) mass is 397 g/mol. The quantitative estimate of drug-likeness (QED) is 0.728. The van der Waals surface area contributed by atoms with Crippen LogP contribution < -0.4 is 0 Å². The standard InChI is InChI=1S/C11H13BrClN3O2S2/c1-15-4-3-14-10(15)7-16(2)20(17,18)9-5-8(6-13)19-11(9)12/h3-5H,6-7H2,1-2H3. The number of nitrogens with zero attached hydrogens (tertiary/aromatic N) is 3. The third-order valence-corrected chi connectivity index (χ3v) is 7.31. The Morgan fingerprint density at radius 1 is 1.55 bits per heavy atom. The maximum Gasteiger partial charge on any atom is 0.245 e. The first-order chi connectivity index (χ1) is 9.36. The van der Waals surface area contributed by atoms with Gasteiger partial charge in [0.15, 0.2) is 0 Å². The second-order valence-electron chi connectivity index (χ2n) is 4.20. The van der Waals surface area contributed by atoms with Crippen molar-refractivity contribution in [3.05, 3.63) is 32.9 Å². The molecule has 0 unspecified atom stereocenters. The lowest BCUT2D eigenvalue weighted by molar-refractivity contribution is 0.451. The van der Waals surface area contributed by atoms with E-state index in [1.165, 1.54) is 22.7 Å². The van der Waals surface area contributed by atoms with Crippen molar-refractivity contribution in [1.29, 1.82) is 0 Å². The van der Waals surface area contributed by atoms with E-state index in [1.807, 2.05) is 7.05 Å². The van der Waals surface area contributed by atoms with E-state index < -0.39 is 10.0 Å². The van der Waals surface area contributed by atoms with Crippen molar-refractivity contribution in [3.63, 3.8) is 0 Å². The summed E-state index contributed by atoms with van der Waals surface area (Å²) >= 11 is 10.4. The molecule has 0 radical (unpaired) electrons. The lowest BCUT2D eigenvalue weighted by Crippen LogP contribution is -2.27. The summed E-state index contributed by atoms with van der Waals surface area (Å²) in [6.45, 7) is 0.213. The van der Waals surface area contributed by atoms with Crippen molar-refractivity contribution >= 4 is 48.9 Å². The molecule has 0 aliphatic rings. The third kappa shape index (κ3) is 3.09. The van der Waals surface area contributed by atoms with Crippen LogP contribution in [0.15, 0.2) is 27.1 Å². The highest BCUT2D eigenvalue weighted by atomic mass is 79.9. The molecule has 0 atom stereocenters. The first-order valence-electron chi connectivity index (χ1n) is 5.63. The summed E-state index contributed by atoms with van der Waals surface area (Å²) in [6, 6.07) is 1.60. The number of imidazole rings is 1. The first kappa shape index (κ1) is 16.0. The number of hydrogen-bond donors (Lipinski definition) is 0. The number of thiophene rings is 1. The van der Waals surface area contributed by atoms with Crippen LogP contribution in [-0.2, 0) is 29.5 Å². The fourth-order valence-electron chi connectivity index (χ4n) is 1.64. The highest BCUT2D eigenvalue weighted by Crippen LogP contribution is 2.34. The summed E-state index contributed by atoms with van der Waals surface area (Å²) < 4.78 is 28.7. The van der Waals surface area contributed by atoms with Gasteiger partial charge >= 0.3 is 0 Å². The molecule has 20 heavy (non-hydrogen) atoms. The molecule has 0 aliphatic carbocycles. The van der Waals surface area contributed by atoms with Crippen LogP contribution in [0, 0.1) is 0 Å². The average molecular weight is 399 g/mol. The number of sulfonamides is 1. The maximum absolute atomic E-state index is 12.5. The number of hydrogen-bond acceptors (Lipinski definition) is 4. The van der Waals surface area contributed by atoms with E-state index in [9.17, 15) is 8.42 Å². The molecule has 0 spiro atoms. The molecule has 0 saturated heterocycles. The minimum atomic E-state index is -3.57. The largest absolute Gasteiger partial charge is 0.337 e. The summed E-state index contributed by atoms with van der Waals surface area (Å²) in [5.74, 6) is 0.974. The van der Waals surface area contributed by atoms with E-state index in [0.717, 1.165) is 4.88 Å². The fourth-order valence-corrected chi connectivity index (χ4v) is 5.48. The van der Waals surface area contributed by atoms with Crippen molar-refractivity contribution in [2.45, 2.75) is 17.3 Å². The van der Waals surface area contributed by atoms with Gasteiger partial charge in [-0.1, -0.05) is 0 Å². The minimum absolute atomic E-state index is 0.213. The Balaban J connectivity index is 2.29. The molecule has 0 aromatic carbocycles.